The first-order valence-corrected chi connectivity index (χ1v) is 8.78. The second-order valence-corrected chi connectivity index (χ2v) is 6.95. The lowest BCUT2D eigenvalue weighted by Crippen LogP contribution is -2.62. The first-order chi connectivity index (χ1) is 12.5. The van der Waals surface area contributed by atoms with Gasteiger partial charge in [-0.1, -0.05) is 12.1 Å². The van der Waals surface area contributed by atoms with E-state index < -0.39 is 4.92 Å². The van der Waals surface area contributed by atoms with Gasteiger partial charge in [-0.2, -0.15) is 0 Å². The molecule has 3 aliphatic heterocycles. The molecule has 1 aromatic carbocycles. The van der Waals surface area contributed by atoms with Crippen molar-refractivity contribution in [3.8, 4) is 11.3 Å². The van der Waals surface area contributed by atoms with E-state index in [1.807, 2.05) is 0 Å². The van der Waals surface area contributed by atoms with Gasteiger partial charge in [-0.05, 0) is 38.8 Å². The van der Waals surface area contributed by atoms with Crippen LogP contribution < -0.4 is 5.32 Å². The summed E-state index contributed by atoms with van der Waals surface area (Å²) in [4.78, 5) is 29.4. The fourth-order valence-corrected chi connectivity index (χ4v) is 4.04. The van der Waals surface area contributed by atoms with Gasteiger partial charge >= 0.3 is 5.91 Å². The number of nitrogens with one attached hydrogen (secondary N) is 1. The van der Waals surface area contributed by atoms with Crippen LogP contribution in [0.15, 0.2) is 34.9 Å². The van der Waals surface area contributed by atoms with Gasteiger partial charge in [0.2, 0.25) is 0 Å². The van der Waals surface area contributed by atoms with Crippen molar-refractivity contribution in [1.29, 1.82) is 0 Å². The molecule has 8 nitrogen and oxygen atoms in total. The van der Waals surface area contributed by atoms with E-state index in [1.54, 1.807) is 12.1 Å². The van der Waals surface area contributed by atoms with Gasteiger partial charge in [-0.3, -0.25) is 19.8 Å². The molecule has 1 aromatic heterocycles. The molecule has 136 valence electrons. The molecule has 0 radical (unpaired) electrons. The number of rotatable bonds is 4. The largest absolute Gasteiger partial charge is 0.432 e. The summed E-state index contributed by atoms with van der Waals surface area (Å²) in [7, 11) is 0. The van der Waals surface area contributed by atoms with E-state index in [4.69, 9.17) is 4.42 Å². The lowest BCUT2D eigenvalue weighted by molar-refractivity contribution is -0.384. The van der Waals surface area contributed by atoms with E-state index in [1.165, 1.54) is 18.3 Å². The van der Waals surface area contributed by atoms with Crippen LogP contribution in [-0.2, 0) is 0 Å². The van der Waals surface area contributed by atoms with E-state index in [9.17, 15) is 14.9 Å². The van der Waals surface area contributed by atoms with Crippen LogP contribution in [0, 0.1) is 16.0 Å². The second kappa shape index (κ2) is 6.53. The third-order valence-corrected chi connectivity index (χ3v) is 5.52. The number of hydrogen-bond donors (Lipinski definition) is 1. The van der Waals surface area contributed by atoms with E-state index in [0.29, 0.717) is 23.3 Å². The molecule has 26 heavy (non-hydrogen) atoms. The molecule has 8 heteroatoms. The Morgan fingerprint density at radius 2 is 2.15 bits per heavy atom. The highest BCUT2D eigenvalue weighted by Crippen LogP contribution is 2.32. The molecule has 3 saturated heterocycles. The highest BCUT2D eigenvalue weighted by molar-refractivity contribution is 5.90. The van der Waals surface area contributed by atoms with Crippen LogP contribution in [0.5, 0.6) is 0 Å². The van der Waals surface area contributed by atoms with Gasteiger partial charge in [0.15, 0.2) is 5.76 Å². The van der Waals surface area contributed by atoms with Crippen LogP contribution in [-0.4, -0.2) is 45.9 Å². The maximum Gasteiger partial charge on any atom is 0.307 e. The number of oxazole rings is 1. The monoisotopic (exact) mass is 356 g/mol. The number of benzene rings is 1. The highest BCUT2D eigenvalue weighted by atomic mass is 16.6. The second-order valence-electron chi connectivity index (χ2n) is 6.95. The number of piperidine rings is 3. The summed E-state index contributed by atoms with van der Waals surface area (Å²) < 4.78 is 5.56. The maximum atomic E-state index is 12.6. The molecule has 5 rings (SSSR count). The van der Waals surface area contributed by atoms with Gasteiger partial charge in [0.05, 0.1) is 11.1 Å². The van der Waals surface area contributed by atoms with Crippen molar-refractivity contribution >= 4 is 11.6 Å². The number of carbonyl (C=O) groups is 1. The Bertz CT molecular complexity index is 839. The van der Waals surface area contributed by atoms with Crippen molar-refractivity contribution in [2.45, 2.75) is 31.8 Å². The molecule has 0 spiro atoms. The molecule has 2 unspecified atom stereocenters. The van der Waals surface area contributed by atoms with Crippen molar-refractivity contribution in [3.05, 3.63) is 46.5 Å². The number of amides is 1. The molecule has 2 atom stereocenters. The molecule has 2 aromatic rings. The van der Waals surface area contributed by atoms with E-state index in [2.05, 4.69) is 22.1 Å². The van der Waals surface area contributed by atoms with Crippen LogP contribution in [0.3, 0.4) is 0 Å². The summed E-state index contributed by atoms with van der Waals surface area (Å²) in [6.07, 6.45) is 3.62. The summed E-state index contributed by atoms with van der Waals surface area (Å²) >= 11 is 0. The van der Waals surface area contributed by atoms with Crippen molar-refractivity contribution in [3.63, 3.8) is 0 Å². The molecule has 0 aliphatic carbocycles. The van der Waals surface area contributed by atoms with Crippen molar-refractivity contribution < 1.29 is 14.1 Å². The van der Waals surface area contributed by atoms with Crippen LogP contribution in [0.1, 0.15) is 30.5 Å². The predicted octanol–water partition coefficient (Wildman–Crippen LogP) is 2.46. The number of aromatic nitrogens is 1. The Kier molecular flexibility index (Phi) is 4.20. The summed E-state index contributed by atoms with van der Waals surface area (Å²) in [6, 6.07) is 6.46. The van der Waals surface area contributed by atoms with Crippen molar-refractivity contribution in [1.82, 2.24) is 15.2 Å². The summed E-state index contributed by atoms with van der Waals surface area (Å²) in [5.74, 6) is 0.466. The van der Waals surface area contributed by atoms with E-state index in [0.717, 1.165) is 25.9 Å². The maximum absolute atomic E-state index is 12.6. The molecular weight excluding hydrogens is 336 g/mol. The first kappa shape index (κ1) is 16.7. The van der Waals surface area contributed by atoms with Gasteiger partial charge < -0.3 is 9.73 Å². The van der Waals surface area contributed by atoms with E-state index >= 15 is 0 Å². The summed E-state index contributed by atoms with van der Waals surface area (Å²) in [5.41, 5.74) is 0.480. The molecule has 3 aliphatic rings. The topological polar surface area (TPSA) is 102 Å². The van der Waals surface area contributed by atoms with Crippen molar-refractivity contribution in [2.75, 3.05) is 13.1 Å². The van der Waals surface area contributed by atoms with Gasteiger partial charge in [-0.25, -0.2) is 4.98 Å². The number of nitrogens with zero attached hydrogens (tertiary/aromatic N) is 3. The fourth-order valence-electron chi connectivity index (χ4n) is 4.04. The summed E-state index contributed by atoms with van der Waals surface area (Å²) in [5, 5.41) is 14.0. The Balaban J connectivity index is 1.50. The Labute approximate surface area is 150 Å². The van der Waals surface area contributed by atoms with Gasteiger partial charge in [0.25, 0.3) is 11.6 Å². The SMILES string of the molecule is CC1C(NC(=O)c2ncc(-c3cccc([N+](=O)[O-])c3)o2)C2CCN1CC2. The number of hydrogen-bond acceptors (Lipinski definition) is 6. The first-order valence-electron chi connectivity index (χ1n) is 8.78. The number of nitro groups is 1. The third kappa shape index (κ3) is 2.96. The Morgan fingerprint density at radius 3 is 2.85 bits per heavy atom. The molecule has 3 fully saturated rings. The van der Waals surface area contributed by atoms with Crippen LogP contribution in [0.4, 0.5) is 5.69 Å². The van der Waals surface area contributed by atoms with Crippen LogP contribution in [0.2, 0.25) is 0 Å². The molecule has 2 bridgehead atoms. The van der Waals surface area contributed by atoms with Crippen LogP contribution >= 0.6 is 0 Å². The zero-order valence-electron chi connectivity index (χ0n) is 14.4. The third-order valence-electron chi connectivity index (χ3n) is 5.52. The lowest BCUT2D eigenvalue weighted by Gasteiger charge is -2.49. The number of nitro benzene ring substituents is 1. The Morgan fingerprint density at radius 1 is 1.38 bits per heavy atom. The smallest absolute Gasteiger partial charge is 0.307 e. The summed E-state index contributed by atoms with van der Waals surface area (Å²) in [6.45, 7) is 4.32. The zero-order chi connectivity index (χ0) is 18.3. The standard InChI is InChI=1S/C18H20N4O4/c1-11-16(12-5-7-21(11)8-6-12)20-17(23)18-19-10-15(26-18)13-3-2-4-14(9-13)22(24)25/h2-4,9-12,16H,5-8H2,1H3,(H,20,23). The quantitative estimate of drug-likeness (QED) is 0.667. The molecule has 1 N–H and O–H groups in total. The normalized spacial score (nSPS) is 27.3. The molecule has 0 saturated carbocycles. The van der Waals surface area contributed by atoms with Crippen molar-refractivity contribution in [2.24, 2.45) is 5.92 Å². The number of fused-ring (bicyclic) bond motifs is 3. The minimum atomic E-state index is -0.470. The molecule has 4 heterocycles. The molecule has 1 amide bonds. The van der Waals surface area contributed by atoms with Crippen LogP contribution in [0.25, 0.3) is 11.3 Å². The van der Waals surface area contributed by atoms with Gasteiger partial charge in [0.1, 0.15) is 0 Å². The fraction of sp³-hybridized carbons (Fsp3) is 0.444. The van der Waals surface area contributed by atoms with Gasteiger partial charge in [-0.15, -0.1) is 0 Å². The predicted molar refractivity (Wildman–Crippen MR) is 93.6 cm³/mol. The van der Waals surface area contributed by atoms with Gasteiger partial charge in [0, 0.05) is 29.8 Å². The average molecular weight is 356 g/mol. The van der Waals surface area contributed by atoms with E-state index in [-0.39, 0.29) is 23.5 Å². The highest BCUT2D eigenvalue weighted by Gasteiger charge is 2.40. The zero-order valence-corrected chi connectivity index (χ0v) is 14.4. The molecular formula is C18H20N4O4. The lowest BCUT2D eigenvalue weighted by atomic mass is 9.79. The number of carbonyl (C=O) groups excluding carboxylic acids is 1. The Hall–Kier alpha value is -2.74. The average Bonchev–Trinajstić information content (AvgIpc) is 3.15. The minimum Gasteiger partial charge on any atom is -0.432 e. The minimum absolute atomic E-state index is 0.0184. The number of non-ortho nitro benzene ring substituents is 1.